The molecule has 0 spiro atoms. The lowest BCUT2D eigenvalue weighted by Gasteiger charge is -2.22. The summed E-state index contributed by atoms with van der Waals surface area (Å²) in [6.45, 7) is 5.60. The van der Waals surface area contributed by atoms with Crippen molar-refractivity contribution >= 4 is 48.4 Å². The van der Waals surface area contributed by atoms with Crippen molar-refractivity contribution < 1.29 is 28.6 Å². The van der Waals surface area contributed by atoms with Gasteiger partial charge in [0.25, 0.3) is 5.91 Å². The van der Waals surface area contributed by atoms with Crippen LogP contribution in [-0.2, 0) is 27.3 Å². The Bertz CT molecular complexity index is 1360. The molecule has 2 atom stereocenters. The number of alkyl carbamates (subject to hydrolysis) is 1. The number of thiol groups is 1. The molecule has 2 N–H and O–H groups in total. The van der Waals surface area contributed by atoms with Crippen molar-refractivity contribution in [1.29, 1.82) is 0 Å². The number of ether oxygens (including phenoxy) is 1. The normalized spacial score (nSPS) is 17.3. The Morgan fingerprint density at radius 1 is 1.10 bits per heavy atom. The van der Waals surface area contributed by atoms with Crippen molar-refractivity contribution in [3.05, 3.63) is 88.5 Å². The zero-order valence-corrected chi connectivity index (χ0v) is 23.5. The standard InChI is InChI=1S/C29H30N2O6S2/c1-29(2,3)37-27(35)30-22(26(33)34)15-18-9-11-20(12-10-18)23-14-13-21(36-23)16-24-25(32)31(28(38)39-24)17-19-7-5-4-6-8-19/h4-14,16,22,28,38H,15,17H2,1-3H3,(H,30,35)(H,33,34)/b24-16-/t22-,28-/m0/s1. The van der Waals surface area contributed by atoms with Crippen molar-refractivity contribution in [2.24, 2.45) is 0 Å². The Balaban J connectivity index is 1.40. The summed E-state index contributed by atoms with van der Waals surface area (Å²) in [5.74, 6) is -0.105. The van der Waals surface area contributed by atoms with Crippen LogP contribution in [0.1, 0.15) is 37.7 Å². The summed E-state index contributed by atoms with van der Waals surface area (Å²) in [6.07, 6.45) is 1.03. The van der Waals surface area contributed by atoms with Crippen molar-refractivity contribution in [2.75, 3.05) is 0 Å². The third-order valence-electron chi connectivity index (χ3n) is 5.73. The number of rotatable bonds is 8. The summed E-state index contributed by atoms with van der Waals surface area (Å²) in [4.78, 5) is 38.9. The van der Waals surface area contributed by atoms with Crippen molar-refractivity contribution in [3.63, 3.8) is 0 Å². The summed E-state index contributed by atoms with van der Waals surface area (Å²) in [5.41, 5.74) is 1.82. The molecule has 0 saturated carbocycles. The SMILES string of the molecule is CC(C)(C)OC(=O)N[C@@H](Cc1ccc(-c2ccc(/C=C3\S[C@H](S)N(Cc4ccccc4)C3=O)o2)cc1)C(=O)O. The molecule has 0 bridgehead atoms. The van der Waals surface area contributed by atoms with Crippen LogP contribution in [-0.4, -0.2) is 44.3 Å². The molecule has 204 valence electrons. The van der Waals surface area contributed by atoms with E-state index in [2.05, 4.69) is 17.9 Å². The number of aliphatic carboxylic acids is 1. The molecule has 3 aromatic rings. The number of thioether (sulfide) groups is 1. The highest BCUT2D eigenvalue weighted by Crippen LogP contribution is 2.39. The molecule has 0 radical (unpaired) electrons. The molecule has 1 aliphatic rings. The van der Waals surface area contributed by atoms with E-state index >= 15 is 0 Å². The van der Waals surface area contributed by atoms with Crippen LogP contribution in [0.2, 0.25) is 0 Å². The number of hydrogen-bond acceptors (Lipinski definition) is 7. The minimum absolute atomic E-state index is 0.0913. The lowest BCUT2D eigenvalue weighted by molar-refractivity contribution is -0.139. The molecular weight excluding hydrogens is 536 g/mol. The summed E-state index contributed by atoms with van der Waals surface area (Å²) >= 11 is 5.95. The van der Waals surface area contributed by atoms with Crippen LogP contribution in [0.5, 0.6) is 0 Å². The molecular formula is C29H30N2O6S2. The number of carboxylic acids is 1. The average molecular weight is 567 g/mol. The summed E-state index contributed by atoms with van der Waals surface area (Å²) in [5, 5.41) is 11.9. The highest BCUT2D eigenvalue weighted by molar-refractivity contribution is 8.14. The van der Waals surface area contributed by atoms with E-state index < -0.39 is 23.7 Å². The first-order valence-electron chi connectivity index (χ1n) is 12.3. The first-order valence-corrected chi connectivity index (χ1v) is 13.7. The number of benzene rings is 2. The van der Waals surface area contributed by atoms with E-state index in [0.29, 0.717) is 23.0 Å². The van der Waals surface area contributed by atoms with Gasteiger partial charge in [0, 0.05) is 24.6 Å². The van der Waals surface area contributed by atoms with Gasteiger partial charge in [-0.05, 0) is 44.0 Å². The maximum absolute atomic E-state index is 13.0. The van der Waals surface area contributed by atoms with Crippen molar-refractivity contribution in [3.8, 4) is 11.3 Å². The van der Waals surface area contributed by atoms with Gasteiger partial charge in [0.1, 0.15) is 27.9 Å². The van der Waals surface area contributed by atoms with E-state index in [1.807, 2.05) is 48.5 Å². The number of carbonyl (C=O) groups excluding carboxylic acids is 2. The molecule has 10 heteroatoms. The van der Waals surface area contributed by atoms with Gasteiger partial charge in [-0.15, -0.1) is 12.6 Å². The van der Waals surface area contributed by atoms with E-state index in [0.717, 1.165) is 16.7 Å². The highest BCUT2D eigenvalue weighted by Gasteiger charge is 2.34. The van der Waals surface area contributed by atoms with E-state index in [4.69, 9.17) is 9.15 Å². The summed E-state index contributed by atoms with van der Waals surface area (Å²) in [7, 11) is 0. The van der Waals surface area contributed by atoms with Gasteiger partial charge in [-0.3, -0.25) is 4.79 Å². The predicted molar refractivity (Wildman–Crippen MR) is 154 cm³/mol. The van der Waals surface area contributed by atoms with Gasteiger partial charge in [0.05, 0.1) is 4.91 Å². The minimum atomic E-state index is -1.15. The van der Waals surface area contributed by atoms with Gasteiger partial charge in [-0.2, -0.15) is 0 Å². The first kappa shape index (κ1) is 28.4. The van der Waals surface area contributed by atoms with E-state index in [1.54, 1.807) is 49.9 Å². The third kappa shape index (κ3) is 7.70. The van der Waals surface area contributed by atoms with E-state index in [9.17, 15) is 19.5 Å². The number of amides is 2. The number of furan rings is 1. The maximum atomic E-state index is 13.0. The number of nitrogens with one attached hydrogen (secondary N) is 1. The molecule has 4 rings (SSSR count). The number of carboxylic acid groups (broad SMARTS) is 1. The fraction of sp³-hybridized carbons (Fsp3) is 0.276. The van der Waals surface area contributed by atoms with Crippen LogP contribution in [0.25, 0.3) is 17.4 Å². The monoisotopic (exact) mass is 566 g/mol. The Morgan fingerprint density at radius 2 is 1.79 bits per heavy atom. The van der Waals surface area contributed by atoms with Crippen LogP contribution in [0.15, 0.2) is 76.1 Å². The van der Waals surface area contributed by atoms with Gasteiger partial charge in [0.2, 0.25) is 0 Å². The Labute approximate surface area is 236 Å². The third-order valence-corrected chi connectivity index (χ3v) is 7.34. The average Bonchev–Trinajstić information content (AvgIpc) is 3.44. The topological polar surface area (TPSA) is 109 Å². The van der Waals surface area contributed by atoms with Crippen molar-refractivity contribution in [1.82, 2.24) is 10.2 Å². The van der Waals surface area contributed by atoms with Gasteiger partial charge < -0.3 is 24.5 Å². The van der Waals surface area contributed by atoms with E-state index in [1.165, 1.54) is 11.8 Å². The fourth-order valence-electron chi connectivity index (χ4n) is 3.90. The Morgan fingerprint density at radius 3 is 2.44 bits per heavy atom. The first-order chi connectivity index (χ1) is 18.5. The van der Waals surface area contributed by atoms with Crippen LogP contribution in [0.3, 0.4) is 0 Å². The zero-order chi connectivity index (χ0) is 28.2. The second-order valence-corrected chi connectivity index (χ2v) is 12.0. The van der Waals surface area contributed by atoms with Crippen LogP contribution in [0, 0.1) is 0 Å². The lowest BCUT2D eigenvalue weighted by atomic mass is 10.0. The van der Waals surface area contributed by atoms with Gasteiger partial charge in [-0.25, -0.2) is 9.59 Å². The van der Waals surface area contributed by atoms with E-state index in [-0.39, 0.29) is 17.0 Å². The number of hydrogen-bond donors (Lipinski definition) is 3. The lowest BCUT2D eigenvalue weighted by Crippen LogP contribution is -2.44. The Hall–Kier alpha value is -3.63. The van der Waals surface area contributed by atoms with Gasteiger partial charge >= 0.3 is 12.1 Å². The predicted octanol–water partition coefficient (Wildman–Crippen LogP) is 5.80. The Kier molecular flexibility index (Phi) is 8.76. The molecule has 0 aliphatic carbocycles. The molecule has 2 amide bonds. The molecule has 8 nitrogen and oxygen atoms in total. The van der Waals surface area contributed by atoms with Gasteiger partial charge in [-0.1, -0.05) is 66.4 Å². The molecule has 2 heterocycles. The smallest absolute Gasteiger partial charge is 0.408 e. The van der Waals surface area contributed by atoms with Crippen LogP contribution in [0.4, 0.5) is 4.79 Å². The maximum Gasteiger partial charge on any atom is 0.408 e. The summed E-state index contributed by atoms with van der Waals surface area (Å²) < 4.78 is 10.9. The molecule has 1 aromatic heterocycles. The molecule has 39 heavy (non-hydrogen) atoms. The van der Waals surface area contributed by atoms with Crippen molar-refractivity contribution in [2.45, 2.75) is 50.1 Å². The quantitative estimate of drug-likeness (QED) is 0.234. The van der Waals surface area contributed by atoms with Crippen LogP contribution >= 0.6 is 24.4 Å². The van der Waals surface area contributed by atoms with Crippen LogP contribution < -0.4 is 5.32 Å². The largest absolute Gasteiger partial charge is 0.480 e. The number of nitrogens with zero attached hydrogens (tertiary/aromatic N) is 1. The molecule has 0 unspecified atom stereocenters. The minimum Gasteiger partial charge on any atom is -0.480 e. The molecule has 1 fully saturated rings. The summed E-state index contributed by atoms with van der Waals surface area (Å²) in [6, 6.07) is 19.4. The second kappa shape index (κ2) is 12.0. The molecule has 1 aliphatic heterocycles. The molecule has 1 saturated heterocycles. The highest BCUT2D eigenvalue weighted by atomic mass is 32.2. The number of carbonyl (C=O) groups is 3. The zero-order valence-electron chi connectivity index (χ0n) is 21.8. The second-order valence-electron chi connectivity index (χ2n) is 10.0. The van der Waals surface area contributed by atoms with Gasteiger partial charge in [0.15, 0.2) is 0 Å². The fourth-order valence-corrected chi connectivity index (χ4v) is 5.35. The molecule has 2 aromatic carbocycles.